The average Bonchev–Trinajstić information content (AvgIpc) is 2.67. The molecule has 1 aromatic heterocycles. The number of para-hydroxylation sites is 1. The summed E-state index contributed by atoms with van der Waals surface area (Å²) in [5.74, 6) is 2.31. The highest BCUT2D eigenvalue weighted by Gasteiger charge is 2.13. The van der Waals surface area contributed by atoms with Crippen LogP contribution in [-0.2, 0) is 0 Å². The van der Waals surface area contributed by atoms with Gasteiger partial charge < -0.3 is 9.55 Å². The second kappa shape index (κ2) is 6.13. The number of thioether (sulfide) groups is 1. The second-order valence-electron chi connectivity index (χ2n) is 4.27. The van der Waals surface area contributed by atoms with Crippen molar-refractivity contribution in [1.29, 1.82) is 0 Å². The molecule has 0 fully saturated rings. The maximum atomic E-state index is 6.29. The molecule has 0 amide bonds. The second-order valence-corrected chi connectivity index (χ2v) is 6.46. The number of nitrogens with one attached hydrogen (secondary N) is 1. The summed E-state index contributed by atoms with van der Waals surface area (Å²) < 4.78 is 2.90. The Bertz CT molecular complexity index is 588. The number of halogens is 1. The molecule has 1 heterocycles. The number of aromatic amines is 1. The monoisotopic (exact) mass is 300 g/mol. The number of H-pyrrole nitrogens is 1. The first-order valence-corrected chi connectivity index (χ1v) is 8.05. The van der Waals surface area contributed by atoms with Crippen LogP contribution in [-0.4, -0.2) is 21.1 Å². The van der Waals surface area contributed by atoms with Crippen molar-refractivity contribution in [2.45, 2.75) is 26.3 Å². The summed E-state index contributed by atoms with van der Waals surface area (Å²) in [4.78, 5) is 3.23. The van der Waals surface area contributed by atoms with Gasteiger partial charge in [-0.15, -0.1) is 0 Å². The maximum Gasteiger partial charge on any atom is 0.178 e. The predicted molar refractivity (Wildman–Crippen MR) is 84.5 cm³/mol. The van der Waals surface area contributed by atoms with Crippen LogP contribution in [0.2, 0.25) is 5.02 Å². The van der Waals surface area contributed by atoms with Gasteiger partial charge in [0.05, 0.1) is 16.1 Å². The van der Waals surface area contributed by atoms with Gasteiger partial charge in [0.1, 0.15) is 0 Å². The minimum Gasteiger partial charge on any atom is -0.331 e. The fraction of sp³-hybridized carbons (Fsp3) is 0.462. The predicted octanol–water partition coefficient (Wildman–Crippen LogP) is 5.06. The van der Waals surface area contributed by atoms with Crippen LogP contribution < -0.4 is 0 Å². The number of benzene rings is 1. The number of aromatic nitrogens is 2. The molecule has 0 radical (unpaired) electrons. The zero-order chi connectivity index (χ0) is 13.1. The molecule has 2 aromatic rings. The molecule has 0 aliphatic rings. The molecule has 1 N–H and O–H groups in total. The molecule has 5 heteroatoms. The Balaban J connectivity index is 2.37. The lowest BCUT2D eigenvalue weighted by molar-refractivity contribution is 0.543. The van der Waals surface area contributed by atoms with Crippen molar-refractivity contribution < 1.29 is 0 Å². The Morgan fingerprint density at radius 1 is 1.50 bits per heavy atom. The normalized spacial score (nSPS) is 13.1. The number of hydrogen-bond acceptors (Lipinski definition) is 2. The third-order valence-electron chi connectivity index (χ3n) is 3.01. The zero-order valence-corrected chi connectivity index (χ0v) is 13.0. The van der Waals surface area contributed by atoms with E-state index >= 15 is 0 Å². The Kier molecular flexibility index (Phi) is 4.76. The molecule has 2 rings (SSSR count). The van der Waals surface area contributed by atoms with Gasteiger partial charge in [-0.05, 0) is 49.2 Å². The highest BCUT2D eigenvalue weighted by atomic mass is 35.5. The molecule has 18 heavy (non-hydrogen) atoms. The van der Waals surface area contributed by atoms with Crippen LogP contribution in [0.4, 0.5) is 0 Å². The summed E-state index contributed by atoms with van der Waals surface area (Å²) in [6.45, 7) is 4.38. The van der Waals surface area contributed by atoms with Crippen molar-refractivity contribution >= 4 is 46.6 Å². The molecule has 1 atom stereocenters. The van der Waals surface area contributed by atoms with Gasteiger partial charge in [0.25, 0.3) is 0 Å². The van der Waals surface area contributed by atoms with Gasteiger partial charge in [-0.2, -0.15) is 11.8 Å². The van der Waals surface area contributed by atoms with Gasteiger partial charge in [0.15, 0.2) is 4.77 Å². The van der Waals surface area contributed by atoms with E-state index in [1.807, 2.05) is 30.0 Å². The van der Waals surface area contributed by atoms with E-state index < -0.39 is 0 Å². The summed E-state index contributed by atoms with van der Waals surface area (Å²) in [5.41, 5.74) is 2.04. The van der Waals surface area contributed by atoms with E-state index in [1.54, 1.807) is 0 Å². The van der Waals surface area contributed by atoms with Crippen molar-refractivity contribution in [3.8, 4) is 0 Å². The van der Waals surface area contributed by atoms with Gasteiger partial charge in [-0.3, -0.25) is 0 Å². The molecule has 0 aliphatic carbocycles. The molecular weight excluding hydrogens is 284 g/mol. The lowest BCUT2D eigenvalue weighted by Crippen LogP contribution is -2.06. The highest BCUT2D eigenvalue weighted by molar-refractivity contribution is 7.99. The van der Waals surface area contributed by atoms with E-state index in [-0.39, 0.29) is 0 Å². The lowest BCUT2D eigenvalue weighted by Gasteiger charge is -2.14. The van der Waals surface area contributed by atoms with E-state index in [1.165, 1.54) is 0 Å². The summed E-state index contributed by atoms with van der Waals surface area (Å²) in [6, 6.07) is 6.24. The zero-order valence-electron chi connectivity index (χ0n) is 10.6. The van der Waals surface area contributed by atoms with Crippen molar-refractivity contribution in [3.63, 3.8) is 0 Å². The van der Waals surface area contributed by atoms with Gasteiger partial charge >= 0.3 is 0 Å². The fourth-order valence-electron chi connectivity index (χ4n) is 2.09. The quantitative estimate of drug-likeness (QED) is 0.615. The summed E-state index contributed by atoms with van der Waals surface area (Å²) in [5, 5.41) is 0.759. The van der Waals surface area contributed by atoms with Gasteiger partial charge in [-0.25, -0.2) is 0 Å². The summed E-state index contributed by atoms with van der Waals surface area (Å²) in [6.07, 6.45) is 1.10. The van der Waals surface area contributed by atoms with Crippen LogP contribution in [0.5, 0.6) is 0 Å². The SMILES string of the molecule is CCSCCC(C)n1c(=S)[nH]c2cccc(Cl)c21. The minimum atomic E-state index is 0.366. The Morgan fingerprint density at radius 2 is 2.28 bits per heavy atom. The first-order chi connectivity index (χ1) is 8.65. The van der Waals surface area contributed by atoms with Crippen LogP contribution in [0.25, 0.3) is 11.0 Å². The number of fused-ring (bicyclic) bond motifs is 1. The van der Waals surface area contributed by atoms with E-state index in [4.69, 9.17) is 23.8 Å². The van der Waals surface area contributed by atoms with Crippen molar-refractivity contribution in [2.75, 3.05) is 11.5 Å². The highest BCUT2D eigenvalue weighted by Crippen LogP contribution is 2.27. The molecule has 0 bridgehead atoms. The summed E-state index contributed by atoms with van der Waals surface area (Å²) in [7, 11) is 0. The molecule has 98 valence electrons. The number of nitrogens with zero attached hydrogens (tertiary/aromatic N) is 1. The first kappa shape index (κ1) is 14.0. The minimum absolute atomic E-state index is 0.366. The lowest BCUT2D eigenvalue weighted by atomic mass is 10.2. The average molecular weight is 301 g/mol. The third-order valence-corrected chi connectivity index (χ3v) is 4.55. The third kappa shape index (κ3) is 2.76. The van der Waals surface area contributed by atoms with Crippen LogP contribution in [0.3, 0.4) is 0 Å². The molecule has 0 aliphatic heterocycles. The summed E-state index contributed by atoms with van der Waals surface area (Å²) >= 11 is 13.7. The Hall–Kier alpha value is -0.450. The number of rotatable bonds is 5. The molecule has 1 unspecified atom stereocenters. The van der Waals surface area contributed by atoms with Crippen LogP contribution >= 0.6 is 35.6 Å². The standard InChI is InChI=1S/C13H17ClN2S2/c1-3-18-8-7-9(2)16-12-10(14)5-4-6-11(12)15-13(16)17/h4-6,9H,3,7-8H2,1-2H3,(H,15,17). The Labute approximate surface area is 122 Å². The molecule has 2 nitrogen and oxygen atoms in total. The van der Waals surface area contributed by atoms with Crippen molar-refractivity contribution in [1.82, 2.24) is 9.55 Å². The molecule has 0 spiro atoms. The Morgan fingerprint density at radius 3 is 3.00 bits per heavy atom. The van der Waals surface area contributed by atoms with Crippen molar-refractivity contribution in [3.05, 3.63) is 28.0 Å². The van der Waals surface area contributed by atoms with Crippen LogP contribution in [0.15, 0.2) is 18.2 Å². The van der Waals surface area contributed by atoms with Gasteiger partial charge in [-0.1, -0.05) is 24.6 Å². The maximum absolute atomic E-state index is 6.29. The van der Waals surface area contributed by atoms with Crippen LogP contribution in [0, 0.1) is 4.77 Å². The molecule has 0 saturated carbocycles. The smallest absolute Gasteiger partial charge is 0.178 e. The van der Waals surface area contributed by atoms with E-state index in [9.17, 15) is 0 Å². The topological polar surface area (TPSA) is 20.7 Å². The van der Waals surface area contributed by atoms with Crippen LogP contribution in [0.1, 0.15) is 26.3 Å². The molecular formula is C13H17ClN2S2. The van der Waals surface area contributed by atoms with Gasteiger partial charge in [0.2, 0.25) is 0 Å². The molecule has 0 saturated heterocycles. The largest absolute Gasteiger partial charge is 0.331 e. The van der Waals surface area contributed by atoms with E-state index in [0.717, 1.165) is 38.8 Å². The van der Waals surface area contributed by atoms with Gasteiger partial charge in [0, 0.05) is 6.04 Å². The number of hydrogen-bond donors (Lipinski definition) is 1. The molecule has 1 aromatic carbocycles. The van der Waals surface area contributed by atoms with E-state index in [2.05, 4.69) is 23.4 Å². The fourth-order valence-corrected chi connectivity index (χ4v) is 3.53. The van der Waals surface area contributed by atoms with E-state index in [0.29, 0.717) is 6.04 Å². The first-order valence-electron chi connectivity index (χ1n) is 6.11. The number of imidazole rings is 1. The van der Waals surface area contributed by atoms with Crippen molar-refractivity contribution in [2.24, 2.45) is 0 Å².